The minimum absolute atomic E-state index is 0.0625. The highest BCUT2D eigenvalue weighted by Gasteiger charge is 2.14. The maximum absolute atomic E-state index is 13.1. The number of quaternary nitrogens is 1. The van der Waals surface area contributed by atoms with E-state index in [1.165, 1.54) is 36.6 Å². The predicted octanol–water partition coefficient (Wildman–Crippen LogP) is 1.29. The number of rotatable bonds is 8. The fraction of sp³-hybridized carbons (Fsp3) is 0.474. The van der Waals surface area contributed by atoms with Crippen molar-refractivity contribution in [1.82, 2.24) is 5.32 Å². The Morgan fingerprint density at radius 2 is 2.00 bits per heavy atom. The van der Waals surface area contributed by atoms with E-state index in [1.807, 2.05) is 0 Å². The molecule has 136 valence electrons. The molecular weight excluding hydrogens is 321 g/mol. The maximum atomic E-state index is 13.1. The molecule has 2 rings (SSSR count). The Labute approximate surface area is 148 Å². The van der Waals surface area contributed by atoms with Crippen LogP contribution in [0, 0.1) is 5.82 Å². The standard InChI is InChI=1S/C19H26FN3O2/c1-23(14-19(25)22-17-9-5-8-16(20)12-17)13-18(24)21-11-10-15-6-3-2-4-7-15/h5-6,8-9,12H,2-4,7,10-11,13-14H2,1H3,(H,21,24)(H,22,25)/p+1. The monoisotopic (exact) mass is 348 g/mol. The van der Waals surface area contributed by atoms with E-state index in [2.05, 4.69) is 16.7 Å². The summed E-state index contributed by atoms with van der Waals surface area (Å²) < 4.78 is 13.1. The molecule has 3 N–H and O–H groups in total. The molecule has 1 atom stereocenters. The van der Waals surface area contributed by atoms with Gasteiger partial charge in [0.2, 0.25) is 0 Å². The SMILES string of the molecule is C[NH+](CC(=O)NCCC1=CCCCC1)CC(=O)Nc1cccc(F)c1. The van der Waals surface area contributed by atoms with Crippen molar-refractivity contribution in [1.29, 1.82) is 0 Å². The summed E-state index contributed by atoms with van der Waals surface area (Å²) in [5.41, 5.74) is 1.85. The molecule has 0 bridgehead atoms. The van der Waals surface area contributed by atoms with Gasteiger partial charge in [0, 0.05) is 12.2 Å². The van der Waals surface area contributed by atoms with Gasteiger partial charge in [-0.25, -0.2) is 4.39 Å². The van der Waals surface area contributed by atoms with Gasteiger partial charge in [0.05, 0.1) is 7.05 Å². The van der Waals surface area contributed by atoms with Crippen LogP contribution in [0.3, 0.4) is 0 Å². The number of carbonyl (C=O) groups is 2. The van der Waals surface area contributed by atoms with Crippen LogP contribution in [0.4, 0.5) is 10.1 Å². The number of carbonyl (C=O) groups excluding carboxylic acids is 2. The zero-order chi connectivity index (χ0) is 18.1. The number of halogens is 1. The fourth-order valence-electron chi connectivity index (χ4n) is 2.94. The molecule has 0 aliphatic heterocycles. The van der Waals surface area contributed by atoms with Crippen molar-refractivity contribution in [3.63, 3.8) is 0 Å². The second kappa shape index (κ2) is 9.93. The van der Waals surface area contributed by atoms with Crippen LogP contribution in [0.15, 0.2) is 35.9 Å². The predicted molar refractivity (Wildman–Crippen MR) is 95.8 cm³/mol. The Morgan fingerprint density at radius 1 is 1.20 bits per heavy atom. The number of allylic oxidation sites excluding steroid dienone is 1. The van der Waals surface area contributed by atoms with Crippen LogP contribution in [0.1, 0.15) is 32.1 Å². The van der Waals surface area contributed by atoms with Crippen LogP contribution >= 0.6 is 0 Å². The number of benzene rings is 1. The number of amides is 2. The van der Waals surface area contributed by atoms with Crippen molar-refractivity contribution in [2.24, 2.45) is 0 Å². The van der Waals surface area contributed by atoms with Crippen molar-refractivity contribution >= 4 is 17.5 Å². The molecule has 1 aliphatic rings. The first-order valence-electron chi connectivity index (χ1n) is 8.84. The molecular formula is C19H27FN3O2+. The molecule has 1 aromatic rings. The molecule has 2 amide bonds. The van der Waals surface area contributed by atoms with E-state index >= 15 is 0 Å². The van der Waals surface area contributed by atoms with Crippen molar-refractivity contribution in [3.8, 4) is 0 Å². The van der Waals surface area contributed by atoms with Crippen LogP contribution in [-0.4, -0.2) is 38.5 Å². The zero-order valence-corrected chi connectivity index (χ0v) is 14.7. The average molecular weight is 348 g/mol. The van der Waals surface area contributed by atoms with E-state index < -0.39 is 5.82 Å². The van der Waals surface area contributed by atoms with E-state index in [1.54, 1.807) is 13.1 Å². The Bertz CT molecular complexity index is 631. The largest absolute Gasteiger partial charge is 0.351 e. The van der Waals surface area contributed by atoms with Crippen LogP contribution in [0.2, 0.25) is 0 Å². The molecule has 0 fully saturated rings. The van der Waals surface area contributed by atoms with Gasteiger partial charge >= 0.3 is 0 Å². The van der Waals surface area contributed by atoms with Gasteiger partial charge in [-0.3, -0.25) is 9.59 Å². The molecule has 25 heavy (non-hydrogen) atoms. The summed E-state index contributed by atoms with van der Waals surface area (Å²) in [6, 6.07) is 5.75. The molecule has 0 radical (unpaired) electrons. The van der Waals surface area contributed by atoms with Gasteiger partial charge in [-0.1, -0.05) is 17.7 Å². The molecule has 5 nitrogen and oxygen atoms in total. The van der Waals surface area contributed by atoms with Gasteiger partial charge in [-0.05, 0) is 50.3 Å². The number of hydrogen-bond donors (Lipinski definition) is 3. The molecule has 0 saturated heterocycles. The van der Waals surface area contributed by atoms with Crippen LogP contribution in [0.25, 0.3) is 0 Å². The van der Waals surface area contributed by atoms with Crippen LogP contribution in [-0.2, 0) is 9.59 Å². The third kappa shape index (κ3) is 7.47. The quantitative estimate of drug-likeness (QED) is 0.620. The van der Waals surface area contributed by atoms with E-state index in [9.17, 15) is 14.0 Å². The molecule has 0 aromatic heterocycles. The summed E-state index contributed by atoms with van der Waals surface area (Å²) in [7, 11) is 1.79. The molecule has 1 aliphatic carbocycles. The van der Waals surface area contributed by atoms with Crippen molar-refractivity contribution < 1.29 is 18.9 Å². The van der Waals surface area contributed by atoms with Gasteiger partial charge in [0.25, 0.3) is 11.8 Å². The Kier molecular flexibility index (Phi) is 7.60. The normalized spacial score (nSPS) is 15.2. The van der Waals surface area contributed by atoms with Gasteiger partial charge in [0.15, 0.2) is 13.1 Å². The van der Waals surface area contributed by atoms with E-state index in [4.69, 9.17) is 0 Å². The third-order valence-corrected chi connectivity index (χ3v) is 4.19. The lowest BCUT2D eigenvalue weighted by Gasteiger charge is -2.15. The third-order valence-electron chi connectivity index (χ3n) is 4.19. The van der Waals surface area contributed by atoms with Gasteiger partial charge in [-0.15, -0.1) is 0 Å². The highest BCUT2D eigenvalue weighted by atomic mass is 19.1. The molecule has 0 spiro atoms. The van der Waals surface area contributed by atoms with E-state index in [0.717, 1.165) is 24.2 Å². The number of hydrogen-bond acceptors (Lipinski definition) is 2. The smallest absolute Gasteiger partial charge is 0.279 e. The topological polar surface area (TPSA) is 62.6 Å². The first-order chi connectivity index (χ1) is 12.0. The number of anilines is 1. The number of likely N-dealkylation sites (N-methyl/N-ethyl adjacent to an activating group) is 1. The first kappa shape index (κ1) is 19.1. The average Bonchev–Trinajstić information content (AvgIpc) is 2.55. The summed E-state index contributed by atoms with van der Waals surface area (Å²) in [6.45, 7) is 1.03. The zero-order valence-electron chi connectivity index (χ0n) is 14.7. The lowest BCUT2D eigenvalue weighted by Crippen LogP contribution is -3.11. The molecule has 1 aromatic carbocycles. The summed E-state index contributed by atoms with van der Waals surface area (Å²) in [6.07, 6.45) is 7.99. The first-order valence-corrected chi connectivity index (χ1v) is 8.84. The van der Waals surface area contributed by atoms with Crippen molar-refractivity contribution in [2.75, 3.05) is 32.0 Å². The van der Waals surface area contributed by atoms with Gasteiger partial charge < -0.3 is 15.5 Å². The number of nitrogens with one attached hydrogen (secondary N) is 3. The summed E-state index contributed by atoms with van der Waals surface area (Å²) >= 11 is 0. The minimum atomic E-state index is -0.397. The van der Waals surface area contributed by atoms with E-state index in [-0.39, 0.29) is 24.9 Å². The van der Waals surface area contributed by atoms with Crippen LogP contribution < -0.4 is 15.5 Å². The molecule has 0 saturated carbocycles. The molecule has 0 heterocycles. The summed E-state index contributed by atoms with van der Waals surface area (Å²) in [5, 5.41) is 5.54. The lowest BCUT2D eigenvalue weighted by atomic mass is 9.97. The van der Waals surface area contributed by atoms with Gasteiger partial charge in [0.1, 0.15) is 5.82 Å². The summed E-state index contributed by atoms with van der Waals surface area (Å²) in [5.74, 6) is -0.707. The Hall–Kier alpha value is -2.21. The maximum Gasteiger partial charge on any atom is 0.279 e. The molecule has 1 unspecified atom stereocenters. The van der Waals surface area contributed by atoms with E-state index in [0.29, 0.717) is 12.2 Å². The van der Waals surface area contributed by atoms with Crippen molar-refractivity contribution in [2.45, 2.75) is 32.1 Å². The highest BCUT2D eigenvalue weighted by molar-refractivity contribution is 5.91. The fourth-order valence-corrected chi connectivity index (χ4v) is 2.94. The van der Waals surface area contributed by atoms with Crippen molar-refractivity contribution in [3.05, 3.63) is 41.7 Å². The Morgan fingerprint density at radius 3 is 2.72 bits per heavy atom. The summed E-state index contributed by atoms with van der Waals surface area (Å²) in [4.78, 5) is 24.7. The second-order valence-electron chi connectivity index (χ2n) is 6.58. The lowest BCUT2D eigenvalue weighted by molar-refractivity contribution is -0.862. The minimum Gasteiger partial charge on any atom is -0.351 e. The van der Waals surface area contributed by atoms with Gasteiger partial charge in [-0.2, -0.15) is 0 Å². The Balaban J connectivity index is 1.64. The molecule has 6 heteroatoms. The second-order valence-corrected chi connectivity index (χ2v) is 6.58. The highest BCUT2D eigenvalue weighted by Crippen LogP contribution is 2.19. The van der Waals surface area contributed by atoms with Crippen LogP contribution in [0.5, 0.6) is 0 Å².